The molecule has 0 radical (unpaired) electrons. The van der Waals surface area contributed by atoms with E-state index in [9.17, 15) is 10.2 Å². The Labute approximate surface area is 108 Å². The van der Waals surface area contributed by atoms with E-state index in [0.717, 1.165) is 25.7 Å². The highest BCUT2D eigenvalue weighted by molar-refractivity contribution is 9.12. The van der Waals surface area contributed by atoms with E-state index in [2.05, 4.69) is 31.9 Å². The van der Waals surface area contributed by atoms with Crippen LogP contribution in [-0.4, -0.2) is 33.1 Å². The van der Waals surface area contributed by atoms with Crippen molar-refractivity contribution in [2.45, 2.75) is 35.3 Å². The van der Waals surface area contributed by atoms with Crippen LogP contribution in [0.4, 0.5) is 0 Å². The van der Waals surface area contributed by atoms with Crippen molar-refractivity contribution in [3.05, 3.63) is 0 Å². The number of aliphatic hydroxyl groups is 2. The number of fused-ring (bicyclic) bond motifs is 1. The van der Waals surface area contributed by atoms with Crippen LogP contribution in [0.3, 0.4) is 0 Å². The van der Waals surface area contributed by atoms with Gasteiger partial charge >= 0.3 is 0 Å². The molecule has 0 aliphatic heterocycles. The van der Waals surface area contributed by atoms with Gasteiger partial charge in [-0.05, 0) is 37.5 Å². The fourth-order valence-corrected chi connectivity index (χ4v) is 4.26. The molecule has 2 nitrogen and oxygen atoms in total. The van der Waals surface area contributed by atoms with Crippen LogP contribution in [0, 0.1) is 17.3 Å². The average molecular weight is 342 g/mol. The van der Waals surface area contributed by atoms with E-state index in [-0.39, 0.29) is 18.6 Å². The molecule has 0 bridgehead atoms. The van der Waals surface area contributed by atoms with Crippen LogP contribution >= 0.6 is 31.9 Å². The van der Waals surface area contributed by atoms with Crippen molar-refractivity contribution in [2.24, 2.45) is 17.3 Å². The van der Waals surface area contributed by atoms with E-state index in [4.69, 9.17) is 0 Å². The maximum absolute atomic E-state index is 9.42. The van der Waals surface area contributed by atoms with E-state index in [1.807, 2.05) is 0 Å². The second-order valence-electron chi connectivity index (χ2n) is 4.95. The van der Waals surface area contributed by atoms with Crippen molar-refractivity contribution < 1.29 is 10.2 Å². The van der Waals surface area contributed by atoms with E-state index < -0.39 is 0 Å². The van der Waals surface area contributed by atoms with E-state index in [1.165, 1.54) is 0 Å². The van der Waals surface area contributed by atoms with Crippen LogP contribution < -0.4 is 0 Å². The molecule has 0 spiro atoms. The molecule has 0 aromatic heterocycles. The summed E-state index contributed by atoms with van der Waals surface area (Å²) in [4.78, 5) is 1.07. The van der Waals surface area contributed by atoms with Gasteiger partial charge in [-0.3, -0.25) is 0 Å². The first kappa shape index (κ1) is 12.3. The molecule has 2 rings (SSSR count). The summed E-state index contributed by atoms with van der Waals surface area (Å²) in [6.45, 7) is 0.303. The van der Waals surface area contributed by atoms with Crippen molar-refractivity contribution in [3.8, 4) is 0 Å². The number of hydrogen-bond donors (Lipinski definition) is 2. The van der Waals surface area contributed by atoms with Gasteiger partial charge in [0.1, 0.15) is 0 Å². The molecular weight excluding hydrogens is 324 g/mol. The van der Waals surface area contributed by atoms with Crippen LogP contribution in [0.2, 0.25) is 0 Å². The first-order chi connectivity index (χ1) is 7.15. The zero-order valence-electron chi connectivity index (χ0n) is 8.70. The zero-order valence-corrected chi connectivity index (χ0v) is 11.9. The molecule has 2 aliphatic rings. The fourth-order valence-electron chi connectivity index (χ4n) is 3.21. The lowest BCUT2D eigenvalue weighted by Crippen LogP contribution is -2.16. The van der Waals surface area contributed by atoms with Crippen LogP contribution in [0.1, 0.15) is 25.7 Å². The maximum Gasteiger partial charge on any atom is 0.0514 e. The van der Waals surface area contributed by atoms with Crippen LogP contribution in [0.15, 0.2) is 0 Å². The standard InChI is InChI=1S/C11H18Br2O2/c12-9-3-1-7-8(2-4-10(9)13)11(7,5-14)6-15/h7-10,14-15H,1-6H2/t7-,8+,9?,10?. The summed E-state index contributed by atoms with van der Waals surface area (Å²) >= 11 is 7.39. The normalized spacial score (nSPS) is 44.0. The van der Waals surface area contributed by atoms with Crippen molar-refractivity contribution in [2.75, 3.05) is 13.2 Å². The van der Waals surface area contributed by atoms with Gasteiger partial charge in [0.05, 0.1) is 13.2 Å². The summed E-state index contributed by atoms with van der Waals surface area (Å²) < 4.78 is 0. The van der Waals surface area contributed by atoms with Gasteiger partial charge in [0, 0.05) is 15.1 Å². The molecule has 0 saturated heterocycles. The minimum absolute atomic E-state index is 0.149. The molecule has 0 heterocycles. The predicted molar refractivity (Wildman–Crippen MR) is 67.5 cm³/mol. The monoisotopic (exact) mass is 340 g/mol. The summed E-state index contributed by atoms with van der Waals surface area (Å²) in [6.07, 6.45) is 4.53. The van der Waals surface area contributed by atoms with Gasteiger partial charge in [-0.1, -0.05) is 31.9 Å². The number of rotatable bonds is 2. The Morgan fingerprint density at radius 2 is 1.27 bits per heavy atom. The van der Waals surface area contributed by atoms with Gasteiger partial charge in [-0.2, -0.15) is 0 Å². The van der Waals surface area contributed by atoms with E-state index in [1.54, 1.807) is 0 Å². The molecule has 2 fully saturated rings. The summed E-state index contributed by atoms with van der Waals surface area (Å²) in [6, 6.07) is 0. The molecule has 2 saturated carbocycles. The topological polar surface area (TPSA) is 40.5 Å². The maximum atomic E-state index is 9.42. The van der Waals surface area contributed by atoms with Crippen LogP contribution in [0.5, 0.6) is 0 Å². The zero-order chi connectivity index (χ0) is 11.1. The van der Waals surface area contributed by atoms with Crippen molar-refractivity contribution >= 4 is 31.9 Å². The lowest BCUT2D eigenvalue weighted by molar-refractivity contribution is 0.111. The number of halogens is 2. The van der Waals surface area contributed by atoms with Crippen LogP contribution in [0.25, 0.3) is 0 Å². The molecule has 2 unspecified atom stereocenters. The summed E-state index contributed by atoms with van der Waals surface area (Å²) in [5, 5.41) is 18.8. The smallest absolute Gasteiger partial charge is 0.0514 e. The number of aliphatic hydroxyl groups excluding tert-OH is 2. The molecule has 4 heteroatoms. The third-order valence-electron chi connectivity index (χ3n) is 4.34. The molecule has 0 aromatic carbocycles. The Kier molecular flexibility index (Phi) is 3.81. The molecule has 2 N–H and O–H groups in total. The van der Waals surface area contributed by atoms with Crippen LogP contribution in [-0.2, 0) is 0 Å². The van der Waals surface area contributed by atoms with Crippen molar-refractivity contribution in [1.29, 1.82) is 0 Å². The summed E-state index contributed by atoms with van der Waals surface area (Å²) in [5.41, 5.74) is -0.149. The van der Waals surface area contributed by atoms with Gasteiger partial charge < -0.3 is 10.2 Å². The minimum Gasteiger partial charge on any atom is -0.396 e. The molecule has 15 heavy (non-hydrogen) atoms. The van der Waals surface area contributed by atoms with Crippen molar-refractivity contribution in [1.82, 2.24) is 0 Å². The van der Waals surface area contributed by atoms with Gasteiger partial charge in [0.25, 0.3) is 0 Å². The molecule has 88 valence electrons. The molecule has 4 atom stereocenters. The van der Waals surface area contributed by atoms with Gasteiger partial charge in [-0.15, -0.1) is 0 Å². The Bertz CT molecular complexity index is 211. The van der Waals surface area contributed by atoms with Gasteiger partial charge in [0.2, 0.25) is 0 Å². The van der Waals surface area contributed by atoms with Gasteiger partial charge in [0.15, 0.2) is 0 Å². The third-order valence-corrected chi connectivity index (χ3v) is 7.24. The quantitative estimate of drug-likeness (QED) is 0.757. The summed E-state index contributed by atoms with van der Waals surface area (Å²) in [5.74, 6) is 1.10. The Morgan fingerprint density at radius 1 is 0.867 bits per heavy atom. The van der Waals surface area contributed by atoms with E-state index in [0.29, 0.717) is 21.5 Å². The molecular formula is C11H18Br2O2. The highest BCUT2D eigenvalue weighted by Crippen LogP contribution is 2.63. The van der Waals surface area contributed by atoms with Crippen molar-refractivity contribution in [3.63, 3.8) is 0 Å². The Balaban J connectivity index is 2.03. The molecule has 0 aromatic rings. The van der Waals surface area contributed by atoms with E-state index >= 15 is 0 Å². The number of hydrogen-bond acceptors (Lipinski definition) is 2. The SMILES string of the molecule is OCC1(CO)[C@@H]2CCC(Br)C(Br)CC[C@@H]21. The van der Waals surface area contributed by atoms with Gasteiger partial charge in [-0.25, -0.2) is 0 Å². The first-order valence-electron chi connectivity index (χ1n) is 5.65. The highest BCUT2D eigenvalue weighted by atomic mass is 79.9. The third kappa shape index (κ3) is 2.03. The number of alkyl halides is 2. The Hall–Kier alpha value is 0.880. The molecule has 2 aliphatic carbocycles. The largest absolute Gasteiger partial charge is 0.396 e. The lowest BCUT2D eigenvalue weighted by Gasteiger charge is -2.18. The predicted octanol–water partition coefficient (Wildman–Crippen LogP) is 2.30. The fraction of sp³-hybridized carbons (Fsp3) is 1.00. The lowest BCUT2D eigenvalue weighted by atomic mass is 10.0. The first-order valence-corrected chi connectivity index (χ1v) is 7.48. The molecule has 0 amide bonds. The Morgan fingerprint density at radius 3 is 1.60 bits per heavy atom. The summed E-state index contributed by atoms with van der Waals surface area (Å²) in [7, 11) is 0. The second-order valence-corrected chi connectivity index (χ2v) is 7.30. The highest BCUT2D eigenvalue weighted by Gasteiger charge is 2.62. The minimum atomic E-state index is -0.149. The second kappa shape index (κ2) is 4.63. The average Bonchev–Trinajstić information content (AvgIpc) is 2.87.